The van der Waals surface area contributed by atoms with Gasteiger partial charge < -0.3 is 33.3 Å². The van der Waals surface area contributed by atoms with Crippen LogP contribution in [0.25, 0.3) is 0 Å². The number of hydrogen-bond donors (Lipinski definition) is 1. The van der Waals surface area contributed by atoms with E-state index in [1.807, 2.05) is 176 Å². The maximum atomic E-state index is 14.1. The van der Waals surface area contributed by atoms with Gasteiger partial charge in [0.2, 0.25) is 13.7 Å². The van der Waals surface area contributed by atoms with Gasteiger partial charge in [0.15, 0.2) is 0 Å². The number of benzene rings is 6. The van der Waals surface area contributed by atoms with Crippen molar-refractivity contribution in [2.75, 3.05) is 6.16 Å². The highest BCUT2D eigenvalue weighted by atomic mass is 31.2. The van der Waals surface area contributed by atoms with E-state index in [2.05, 4.69) is 0 Å². The summed E-state index contributed by atoms with van der Waals surface area (Å²) < 4.78 is 54.0. The van der Waals surface area contributed by atoms with E-state index >= 15 is 0 Å². The molecule has 6 atom stereocenters. The lowest BCUT2D eigenvalue weighted by Gasteiger charge is -2.46. The molecular formula is C48H49O8P. The number of rotatable bonds is 19. The van der Waals surface area contributed by atoms with Crippen LogP contribution in [0.1, 0.15) is 34.2 Å². The predicted octanol–water partition coefficient (Wildman–Crippen LogP) is 9.99. The molecule has 1 unspecified atom stereocenters. The van der Waals surface area contributed by atoms with Gasteiger partial charge in [0.25, 0.3) is 0 Å². The van der Waals surface area contributed by atoms with Crippen molar-refractivity contribution in [3.8, 4) is 11.5 Å². The minimum Gasteiger partial charge on any atom is -0.489 e. The first-order chi connectivity index (χ1) is 28.0. The molecule has 57 heavy (non-hydrogen) atoms. The quantitative estimate of drug-likeness (QED) is 0.0812. The van der Waals surface area contributed by atoms with E-state index in [1.54, 1.807) is 0 Å². The molecule has 0 saturated carbocycles. The lowest BCUT2D eigenvalue weighted by Crippen LogP contribution is -2.61. The Morgan fingerprint density at radius 1 is 0.509 bits per heavy atom. The molecule has 8 nitrogen and oxygen atoms in total. The summed E-state index contributed by atoms with van der Waals surface area (Å²) in [5.41, 5.74) is 4.62. The van der Waals surface area contributed by atoms with Crippen molar-refractivity contribution in [2.24, 2.45) is 0 Å². The fourth-order valence-electron chi connectivity index (χ4n) is 6.89. The van der Waals surface area contributed by atoms with E-state index in [4.69, 9.17) is 28.4 Å². The van der Waals surface area contributed by atoms with Gasteiger partial charge in [-0.05, 0) is 46.9 Å². The number of ether oxygens (including phenoxy) is 6. The van der Waals surface area contributed by atoms with E-state index < -0.39 is 38.1 Å². The van der Waals surface area contributed by atoms with Gasteiger partial charge in [-0.2, -0.15) is 0 Å². The minimum atomic E-state index is -3.77. The fourth-order valence-corrected chi connectivity index (χ4v) is 8.50. The zero-order chi connectivity index (χ0) is 39.1. The molecule has 7 rings (SSSR count). The third kappa shape index (κ3) is 12.0. The average molecular weight is 785 g/mol. The molecule has 0 aliphatic carbocycles. The molecule has 1 heterocycles. The maximum Gasteiger partial charge on any atom is 0.229 e. The first-order valence-electron chi connectivity index (χ1n) is 19.4. The highest BCUT2D eigenvalue weighted by molar-refractivity contribution is 7.57. The Morgan fingerprint density at radius 3 is 1.49 bits per heavy atom. The van der Waals surface area contributed by atoms with E-state index in [-0.39, 0.29) is 38.6 Å². The molecule has 0 radical (unpaired) electrons. The van der Waals surface area contributed by atoms with Crippen LogP contribution in [-0.4, -0.2) is 41.8 Å². The van der Waals surface area contributed by atoms with Crippen LogP contribution in [0.5, 0.6) is 11.5 Å². The van der Waals surface area contributed by atoms with Crippen molar-refractivity contribution in [3.63, 3.8) is 0 Å². The fraction of sp³-hybridized carbons (Fsp3) is 0.250. The third-order valence-electron chi connectivity index (χ3n) is 9.83. The van der Waals surface area contributed by atoms with Crippen LogP contribution in [0.3, 0.4) is 0 Å². The second-order valence-electron chi connectivity index (χ2n) is 14.2. The summed E-state index contributed by atoms with van der Waals surface area (Å²) in [5.74, 6) is 1.18. The summed E-state index contributed by atoms with van der Waals surface area (Å²) in [6, 6.07) is 56.5. The van der Waals surface area contributed by atoms with Crippen molar-refractivity contribution in [2.45, 2.75) is 69.7 Å². The molecule has 1 N–H and O–H groups in total. The van der Waals surface area contributed by atoms with E-state index in [0.29, 0.717) is 23.7 Å². The molecule has 1 aliphatic heterocycles. The Balaban J connectivity index is 1.17. The van der Waals surface area contributed by atoms with Gasteiger partial charge in [-0.15, -0.1) is 0 Å². The van der Waals surface area contributed by atoms with E-state index in [0.717, 1.165) is 22.3 Å². The van der Waals surface area contributed by atoms with Crippen LogP contribution in [0.15, 0.2) is 176 Å². The maximum absolute atomic E-state index is 14.1. The van der Waals surface area contributed by atoms with Gasteiger partial charge >= 0.3 is 0 Å². The standard InChI is InChI=1S/C48H49O8P/c49-57(50,36-41-26-16-17-29-43(41)51-32-37-18-6-1-7-19-37)31-30-44-45(52-33-38-20-8-2-9-21-38)46(53-34-39-22-10-3-11-23-39)47(54-35-40-24-12-4-13-25-40)48(56-44)55-42-27-14-5-15-28-42/h1-29,44-48H,30-36H2,(H,49,50)/t44-,45-,46+,47+,48+/m1/s1. The van der Waals surface area contributed by atoms with E-state index in [1.165, 1.54) is 0 Å². The van der Waals surface area contributed by atoms with Crippen LogP contribution in [-0.2, 0) is 56.1 Å². The summed E-state index contributed by atoms with van der Waals surface area (Å²) in [5, 5.41) is 0. The normalized spacial score (nSPS) is 20.3. The predicted molar refractivity (Wildman–Crippen MR) is 221 cm³/mol. The van der Waals surface area contributed by atoms with Crippen LogP contribution in [0, 0.1) is 0 Å². The largest absolute Gasteiger partial charge is 0.489 e. The average Bonchev–Trinajstić information content (AvgIpc) is 3.25. The summed E-state index contributed by atoms with van der Waals surface area (Å²) in [7, 11) is -3.77. The van der Waals surface area contributed by atoms with E-state index in [9.17, 15) is 9.46 Å². The Morgan fingerprint density at radius 2 is 0.947 bits per heavy atom. The topological polar surface area (TPSA) is 92.7 Å². The molecular weight excluding hydrogens is 735 g/mol. The van der Waals surface area contributed by atoms with Gasteiger partial charge in [-0.1, -0.05) is 158 Å². The first-order valence-corrected chi connectivity index (χ1v) is 21.4. The second kappa shape index (κ2) is 20.4. The molecule has 1 fully saturated rings. The van der Waals surface area contributed by atoms with Crippen molar-refractivity contribution < 1.29 is 37.9 Å². The SMILES string of the molecule is O=P(O)(CC[C@H]1O[C@H](Oc2ccccc2)[C@@H](OCc2ccccc2)[C@@H](OCc2ccccc2)[C@@H]1OCc1ccccc1)Cc1ccccc1OCc1ccccc1. The molecule has 0 spiro atoms. The lowest BCUT2D eigenvalue weighted by molar-refractivity contribution is -0.304. The molecule has 6 aromatic rings. The molecule has 1 aliphatic rings. The highest BCUT2D eigenvalue weighted by Gasteiger charge is 2.50. The van der Waals surface area contributed by atoms with Gasteiger partial charge in [-0.25, -0.2) is 0 Å². The van der Waals surface area contributed by atoms with Gasteiger partial charge in [-0.3, -0.25) is 4.57 Å². The third-order valence-corrected chi connectivity index (χ3v) is 11.6. The van der Waals surface area contributed by atoms with Crippen LogP contribution < -0.4 is 9.47 Å². The Kier molecular flexibility index (Phi) is 14.4. The Labute approximate surface area is 335 Å². The zero-order valence-corrected chi connectivity index (χ0v) is 32.7. The van der Waals surface area contributed by atoms with Gasteiger partial charge in [0, 0.05) is 11.7 Å². The first kappa shape index (κ1) is 40.2. The van der Waals surface area contributed by atoms with Crippen LogP contribution in [0.2, 0.25) is 0 Å². The molecule has 6 aromatic carbocycles. The Hall–Kier alpha value is -5.05. The molecule has 9 heteroatoms. The van der Waals surface area contributed by atoms with Crippen LogP contribution >= 0.6 is 7.37 Å². The number of para-hydroxylation sites is 2. The molecule has 294 valence electrons. The minimum absolute atomic E-state index is 0.0329. The highest BCUT2D eigenvalue weighted by Crippen LogP contribution is 2.48. The molecule has 0 aromatic heterocycles. The smallest absolute Gasteiger partial charge is 0.229 e. The summed E-state index contributed by atoms with van der Waals surface area (Å²) in [6.07, 6.45) is -3.61. The second-order valence-corrected chi connectivity index (χ2v) is 16.6. The summed E-state index contributed by atoms with van der Waals surface area (Å²) in [6.45, 7) is 1.19. The van der Waals surface area contributed by atoms with Crippen molar-refractivity contribution in [3.05, 3.63) is 204 Å². The van der Waals surface area contributed by atoms with Crippen molar-refractivity contribution >= 4 is 7.37 Å². The monoisotopic (exact) mass is 784 g/mol. The zero-order valence-electron chi connectivity index (χ0n) is 31.8. The summed E-state index contributed by atoms with van der Waals surface area (Å²) in [4.78, 5) is 11.6. The summed E-state index contributed by atoms with van der Waals surface area (Å²) >= 11 is 0. The number of hydrogen-bond acceptors (Lipinski definition) is 7. The molecule has 1 saturated heterocycles. The Bertz CT molecular complexity index is 2100. The van der Waals surface area contributed by atoms with Gasteiger partial charge in [0.1, 0.15) is 36.4 Å². The van der Waals surface area contributed by atoms with Crippen molar-refractivity contribution in [1.82, 2.24) is 0 Å². The molecule has 0 amide bonds. The lowest BCUT2D eigenvalue weighted by atomic mass is 9.96. The van der Waals surface area contributed by atoms with Gasteiger partial charge in [0.05, 0.1) is 32.1 Å². The molecule has 0 bridgehead atoms. The van der Waals surface area contributed by atoms with Crippen molar-refractivity contribution in [1.29, 1.82) is 0 Å². The van der Waals surface area contributed by atoms with Crippen LogP contribution in [0.4, 0.5) is 0 Å².